The number of hydrogen-bond donors (Lipinski definition) is 1. The van der Waals surface area contributed by atoms with Gasteiger partial charge in [-0.3, -0.25) is 4.79 Å². The maximum atomic E-state index is 11.9. The molecule has 1 N–H and O–H groups in total. The molecular formula is C14H16N2O2. The molecule has 0 radical (unpaired) electrons. The lowest BCUT2D eigenvalue weighted by molar-refractivity contribution is -0.124. The smallest absolute Gasteiger partial charge is 0.237 e. The Labute approximate surface area is 107 Å². The number of nitriles is 1. The largest absolute Gasteiger partial charge is 0.491 e. The molecule has 18 heavy (non-hydrogen) atoms. The molecule has 4 heteroatoms. The van der Waals surface area contributed by atoms with Crippen LogP contribution < -0.4 is 10.1 Å². The van der Waals surface area contributed by atoms with Crippen LogP contribution in [-0.2, 0) is 4.79 Å². The molecule has 1 aromatic rings. The normalized spacial score (nSPS) is 18.3. The highest BCUT2D eigenvalue weighted by Gasteiger charge is 2.27. The molecule has 0 saturated carbocycles. The average Bonchev–Trinajstić information content (AvgIpc) is 2.79. The van der Waals surface area contributed by atoms with E-state index in [-0.39, 0.29) is 11.9 Å². The molecule has 1 heterocycles. The third-order valence-corrected chi connectivity index (χ3v) is 3.07. The van der Waals surface area contributed by atoms with Gasteiger partial charge in [0, 0.05) is 5.56 Å². The van der Waals surface area contributed by atoms with Crippen molar-refractivity contribution < 1.29 is 9.53 Å². The Balaban J connectivity index is 2.04. The molecule has 2 unspecified atom stereocenters. The Kier molecular flexibility index (Phi) is 3.83. The van der Waals surface area contributed by atoms with Crippen LogP contribution in [0.3, 0.4) is 0 Å². The number of ether oxygens (including phenoxy) is 1. The van der Waals surface area contributed by atoms with Crippen LogP contribution in [0.15, 0.2) is 24.3 Å². The summed E-state index contributed by atoms with van der Waals surface area (Å²) in [5.41, 5.74) is 0.985. The van der Waals surface area contributed by atoms with Gasteiger partial charge in [-0.1, -0.05) is 31.5 Å². The zero-order valence-corrected chi connectivity index (χ0v) is 10.3. The molecule has 0 fully saturated rings. The van der Waals surface area contributed by atoms with E-state index in [0.29, 0.717) is 13.0 Å². The van der Waals surface area contributed by atoms with E-state index in [1.807, 2.05) is 37.3 Å². The third kappa shape index (κ3) is 2.45. The molecule has 1 aliphatic rings. The third-order valence-electron chi connectivity index (χ3n) is 3.07. The van der Waals surface area contributed by atoms with Crippen LogP contribution in [0, 0.1) is 17.2 Å². The number of hydrogen-bond acceptors (Lipinski definition) is 3. The Bertz CT molecular complexity index is 479. The van der Waals surface area contributed by atoms with Gasteiger partial charge in [0.25, 0.3) is 0 Å². The fourth-order valence-corrected chi connectivity index (χ4v) is 2.10. The number of rotatable bonds is 4. The van der Waals surface area contributed by atoms with Crippen LogP contribution in [0.1, 0.15) is 31.4 Å². The van der Waals surface area contributed by atoms with Crippen molar-refractivity contribution in [2.45, 2.75) is 25.8 Å². The van der Waals surface area contributed by atoms with Crippen LogP contribution in [0.5, 0.6) is 5.75 Å². The second kappa shape index (κ2) is 5.54. The van der Waals surface area contributed by atoms with Gasteiger partial charge < -0.3 is 10.1 Å². The number of fused-ring (bicyclic) bond motifs is 1. The van der Waals surface area contributed by atoms with Gasteiger partial charge in [0.2, 0.25) is 5.91 Å². The Morgan fingerprint density at radius 2 is 2.39 bits per heavy atom. The van der Waals surface area contributed by atoms with E-state index in [1.165, 1.54) is 0 Å². The van der Waals surface area contributed by atoms with Crippen molar-refractivity contribution in [1.82, 2.24) is 5.32 Å². The molecule has 0 aromatic heterocycles. The van der Waals surface area contributed by atoms with E-state index >= 15 is 0 Å². The Morgan fingerprint density at radius 3 is 3.11 bits per heavy atom. The summed E-state index contributed by atoms with van der Waals surface area (Å²) in [5.74, 6) is 0.0409. The van der Waals surface area contributed by atoms with Crippen LogP contribution in [-0.4, -0.2) is 12.5 Å². The van der Waals surface area contributed by atoms with Crippen molar-refractivity contribution in [1.29, 1.82) is 5.26 Å². The predicted octanol–water partition coefficient (Wildman–Crippen LogP) is 2.18. The van der Waals surface area contributed by atoms with Gasteiger partial charge in [-0.05, 0) is 12.5 Å². The van der Waals surface area contributed by atoms with E-state index < -0.39 is 5.92 Å². The molecule has 0 spiro atoms. The van der Waals surface area contributed by atoms with Gasteiger partial charge in [0.1, 0.15) is 18.3 Å². The summed E-state index contributed by atoms with van der Waals surface area (Å²) in [5, 5.41) is 11.8. The predicted molar refractivity (Wildman–Crippen MR) is 66.8 cm³/mol. The van der Waals surface area contributed by atoms with E-state index in [2.05, 4.69) is 5.32 Å². The summed E-state index contributed by atoms with van der Waals surface area (Å²) in [4.78, 5) is 11.9. The molecule has 94 valence electrons. The fraction of sp³-hybridized carbons (Fsp3) is 0.429. The molecule has 1 aliphatic heterocycles. The number of nitrogens with one attached hydrogen (secondary N) is 1. The molecule has 0 aliphatic carbocycles. The second-order valence-corrected chi connectivity index (χ2v) is 4.38. The molecule has 0 bridgehead atoms. The average molecular weight is 244 g/mol. The van der Waals surface area contributed by atoms with Gasteiger partial charge in [-0.15, -0.1) is 0 Å². The lowest BCUT2D eigenvalue weighted by Crippen LogP contribution is -2.34. The minimum atomic E-state index is -0.567. The van der Waals surface area contributed by atoms with Gasteiger partial charge >= 0.3 is 0 Å². The van der Waals surface area contributed by atoms with Gasteiger partial charge in [-0.25, -0.2) is 0 Å². The monoisotopic (exact) mass is 244 g/mol. The summed E-state index contributed by atoms with van der Waals surface area (Å²) in [6.07, 6.45) is 1.42. The van der Waals surface area contributed by atoms with E-state index in [9.17, 15) is 4.79 Å². The van der Waals surface area contributed by atoms with Crippen molar-refractivity contribution in [3.05, 3.63) is 29.8 Å². The van der Waals surface area contributed by atoms with Gasteiger partial charge in [0.15, 0.2) is 0 Å². The van der Waals surface area contributed by atoms with Crippen LogP contribution in [0.25, 0.3) is 0 Å². The first-order valence-electron chi connectivity index (χ1n) is 6.18. The SMILES string of the molecule is CCCC(C#N)C(=O)NC1COc2ccccc21. The quantitative estimate of drug-likeness (QED) is 0.883. The van der Waals surface area contributed by atoms with Gasteiger partial charge in [-0.2, -0.15) is 5.26 Å². The summed E-state index contributed by atoms with van der Waals surface area (Å²) < 4.78 is 5.49. The Hall–Kier alpha value is -2.02. The maximum Gasteiger partial charge on any atom is 0.237 e. The lowest BCUT2D eigenvalue weighted by atomic mass is 10.0. The zero-order valence-electron chi connectivity index (χ0n) is 10.3. The molecule has 2 rings (SSSR count). The maximum absolute atomic E-state index is 11.9. The first-order chi connectivity index (χ1) is 8.76. The molecule has 2 atom stereocenters. The number of carbonyl (C=O) groups excluding carboxylic acids is 1. The van der Waals surface area contributed by atoms with Crippen LogP contribution in [0.4, 0.5) is 0 Å². The van der Waals surface area contributed by atoms with E-state index in [0.717, 1.165) is 17.7 Å². The first-order valence-corrected chi connectivity index (χ1v) is 6.18. The summed E-state index contributed by atoms with van der Waals surface area (Å²) in [6, 6.07) is 9.55. The molecule has 1 amide bonds. The van der Waals surface area contributed by atoms with Gasteiger partial charge in [0.05, 0.1) is 12.1 Å². The fourth-order valence-electron chi connectivity index (χ4n) is 2.10. The van der Waals surface area contributed by atoms with Crippen molar-refractivity contribution in [3.8, 4) is 11.8 Å². The van der Waals surface area contributed by atoms with Crippen molar-refractivity contribution in [2.24, 2.45) is 5.92 Å². The number of carbonyl (C=O) groups is 1. The van der Waals surface area contributed by atoms with E-state index in [4.69, 9.17) is 10.00 Å². The number of para-hydroxylation sites is 1. The summed E-state index contributed by atoms with van der Waals surface area (Å²) >= 11 is 0. The van der Waals surface area contributed by atoms with Crippen LogP contribution >= 0.6 is 0 Å². The molecule has 4 nitrogen and oxygen atoms in total. The minimum Gasteiger partial charge on any atom is -0.491 e. The zero-order chi connectivity index (χ0) is 13.0. The highest BCUT2D eigenvalue weighted by Crippen LogP contribution is 2.31. The van der Waals surface area contributed by atoms with E-state index in [1.54, 1.807) is 0 Å². The van der Waals surface area contributed by atoms with Crippen molar-refractivity contribution in [2.75, 3.05) is 6.61 Å². The molecule has 1 aromatic carbocycles. The molecular weight excluding hydrogens is 228 g/mol. The number of benzene rings is 1. The first kappa shape index (κ1) is 12.4. The summed E-state index contributed by atoms with van der Waals surface area (Å²) in [6.45, 7) is 2.40. The highest BCUT2D eigenvalue weighted by atomic mass is 16.5. The number of nitrogens with zero attached hydrogens (tertiary/aromatic N) is 1. The lowest BCUT2D eigenvalue weighted by Gasteiger charge is -2.14. The van der Waals surface area contributed by atoms with Crippen LogP contribution in [0.2, 0.25) is 0 Å². The van der Waals surface area contributed by atoms with Crippen molar-refractivity contribution >= 4 is 5.91 Å². The topological polar surface area (TPSA) is 62.1 Å². The summed E-state index contributed by atoms with van der Waals surface area (Å²) in [7, 11) is 0. The number of amides is 1. The second-order valence-electron chi connectivity index (χ2n) is 4.38. The Morgan fingerprint density at radius 1 is 1.61 bits per heavy atom. The van der Waals surface area contributed by atoms with Crippen molar-refractivity contribution in [3.63, 3.8) is 0 Å². The highest BCUT2D eigenvalue weighted by molar-refractivity contribution is 5.81. The minimum absolute atomic E-state index is 0.138. The standard InChI is InChI=1S/C14H16N2O2/c1-2-5-10(8-15)14(17)16-12-9-18-13-7-4-3-6-11(12)13/h3-4,6-7,10,12H,2,5,9H2,1H3,(H,16,17). The molecule has 0 saturated heterocycles.